The predicted octanol–water partition coefficient (Wildman–Crippen LogP) is 2.22. The zero-order chi connectivity index (χ0) is 18.0. The Morgan fingerprint density at radius 3 is 2.96 bits per heavy atom. The Hall–Kier alpha value is -2.42. The fraction of sp³-hybridized carbons (Fsp3) is 0.625. The second-order valence-corrected chi connectivity index (χ2v) is 6.72. The van der Waals surface area contributed by atoms with Crippen LogP contribution in [0.5, 0.6) is 0 Å². The molecule has 2 amide bonds. The molecule has 25 heavy (non-hydrogen) atoms. The highest BCUT2D eigenvalue weighted by Crippen LogP contribution is 2.32. The van der Waals surface area contributed by atoms with Gasteiger partial charge in [0, 0.05) is 32.8 Å². The number of ether oxygens (including phenoxy) is 1. The van der Waals surface area contributed by atoms with Crippen LogP contribution >= 0.6 is 0 Å². The Balaban J connectivity index is 1.71. The van der Waals surface area contributed by atoms with Crippen molar-refractivity contribution >= 4 is 11.7 Å². The number of urea groups is 1. The van der Waals surface area contributed by atoms with Crippen LogP contribution in [0.25, 0.3) is 0 Å². The Labute approximate surface area is 146 Å². The summed E-state index contributed by atoms with van der Waals surface area (Å²) in [7, 11) is 1.64. The third-order valence-electron chi connectivity index (χ3n) is 4.12. The van der Waals surface area contributed by atoms with Gasteiger partial charge in [0.15, 0.2) is 5.82 Å². The minimum absolute atomic E-state index is 0.0633. The quantitative estimate of drug-likeness (QED) is 0.889. The summed E-state index contributed by atoms with van der Waals surface area (Å²) in [6, 6.07) is -0.527. The van der Waals surface area contributed by atoms with Crippen LogP contribution in [0.4, 0.5) is 10.5 Å². The summed E-state index contributed by atoms with van der Waals surface area (Å²) in [6.07, 6.45) is 4.04. The summed E-state index contributed by atoms with van der Waals surface area (Å²) in [5, 5.41) is 11.0. The third-order valence-corrected chi connectivity index (χ3v) is 4.12. The van der Waals surface area contributed by atoms with Gasteiger partial charge in [0.1, 0.15) is 6.04 Å². The van der Waals surface area contributed by atoms with Crippen molar-refractivity contribution in [1.29, 1.82) is 0 Å². The third kappa shape index (κ3) is 3.98. The van der Waals surface area contributed by atoms with Gasteiger partial charge in [0.25, 0.3) is 0 Å². The number of aryl methyl sites for hydroxylation is 1. The molecule has 9 nitrogen and oxygen atoms in total. The summed E-state index contributed by atoms with van der Waals surface area (Å²) in [5.41, 5.74) is 0.659. The lowest BCUT2D eigenvalue weighted by Gasteiger charge is -2.21. The molecule has 1 N–H and O–H groups in total. The van der Waals surface area contributed by atoms with Crippen molar-refractivity contribution in [3.8, 4) is 0 Å². The summed E-state index contributed by atoms with van der Waals surface area (Å²) in [6.45, 7) is 7.26. The summed E-state index contributed by atoms with van der Waals surface area (Å²) in [5.74, 6) is 1.46. The van der Waals surface area contributed by atoms with E-state index in [1.165, 1.54) is 0 Å². The van der Waals surface area contributed by atoms with Gasteiger partial charge >= 0.3 is 6.03 Å². The van der Waals surface area contributed by atoms with E-state index in [0.29, 0.717) is 36.3 Å². The number of hydrogen-bond donors (Lipinski definition) is 1. The van der Waals surface area contributed by atoms with Gasteiger partial charge in [0.2, 0.25) is 5.89 Å². The number of anilines is 1. The minimum Gasteiger partial charge on any atom is -0.380 e. The van der Waals surface area contributed by atoms with Crippen LogP contribution in [0, 0.1) is 12.8 Å². The highest BCUT2D eigenvalue weighted by atomic mass is 16.5. The average molecular weight is 348 g/mol. The van der Waals surface area contributed by atoms with E-state index in [1.807, 2.05) is 10.9 Å². The van der Waals surface area contributed by atoms with Gasteiger partial charge in [-0.1, -0.05) is 19.0 Å². The molecule has 2 aromatic heterocycles. The minimum atomic E-state index is -0.295. The SMILES string of the molecule is CO[C@H]1C[C@H](c2nc(C)no2)N(C(=O)Nc2cnn(CC(C)C)c2)C1. The number of carbonyl (C=O) groups is 1. The number of rotatable bonds is 5. The van der Waals surface area contributed by atoms with Crippen LogP contribution in [0.2, 0.25) is 0 Å². The van der Waals surface area contributed by atoms with Gasteiger partial charge in [-0.05, 0) is 12.8 Å². The predicted molar refractivity (Wildman–Crippen MR) is 90.0 cm³/mol. The van der Waals surface area contributed by atoms with E-state index in [1.54, 1.807) is 25.1 Å². The monoisotopic (exact) mass is 348 g/mol. The molecule has 0 aromatic carbocycles. The molecular formula is C16H24N6O3. The number of likely N-dealkylation sites (tertiary alicyclic amines) is 1. The molecule has 1 saturated heterocycles. The first-order chi connectivity index (χ1) is 12.0. The highest BCUT2D eigenvalue weighted by Gasteiger charge is 2.39. The number of methoxy groups -OCH3 is 1. The molecule has 0 saturated carbocycles. The number of aromatic nitrogens is 4. The van der Waals surface area contributed by atoms with Crippen molar-refractivity contribution in [3.05, 3.63) is 24.1 Å². The standard InChI is InChI=1S/C16H24N6O3/c1-10(2)7-21-8-12(6-17-21)19-16(23)22-9-13(24-4)5-14(22)15-18-11(3)20-25-15/h6,8,10,13-14H,5,7,9H2,1-4H3,(H,19,23)/t13-,14+/m0/s1. The number of carbonyl (C=O) groups excluding carboxylic acids is 1. The van der Waals surface area contributed by atoms with Crippen molar-refractivity contribution in [2.24, 2.45) is 5.92 Å². The second-order valence-electron chi connectivity index (χ2n) is 6.72. The lowest BCUT2D eigenvalue weighted by Crippen LogP contribution is -2.35. The van der Waals surface area contributed by atoms with Crippen LogP contribution in [-0.4, -0.2) is 50.6 Å². The van der Waals surface area contributed by atoms with E-state index in [4.69, 9.17) is 9.26 Å². The molecule has 2 aromatic rings. The molecule has 1 aliphatic rings. The Kier molecular flexibility index (Phi) is 5.03. The zero-order valence-corrected chi connectivity index (χ0v) is 15.0. The Morgan fingerprint density at radius 1 is 1.52 bits per heavy atom. The van der Waals surface area contributed by atoms with E-state index < -0.39 is 0 Å². The van der Waals surface area contributed by atoms with Gasteiger partial charge < -0.3 is 19.5 Å². The largest absolute Gasteiger partial charge is 0.380 e. The van der Waals surface area contributed by atoms with E-state index in [0.717, 1.165) is 6.54 Å². The second kappa shape index (κ2) is 7.22. The molecule has 3 heterocycles. The maximum atomic E-state index is 12.7. The average Bonchev–Trinajstić information content (AvgIpc) is 3.26. The van der Waals surface area contributed by atoms with Crippen LogP contribution < -0.4 is 5.32 Å². The summed E-state index contributed by atoms with van der Waals surface area (Å²) in [4.78, 5) is 18.7. The smallest absolute Gasteiger partial charge is 0.322 e. The van der Waals surface area contributed by atoms with Gasteiger partial charge in [-0.15, -0.1) is 0 Å². The van der Waals surface area contributed by atoms with Gasteiger partial charge in [-0.25, -0.2) is 4.79 Å². The molecule has 0 spiro atoms. The number of amides is 2. The maximum Gasteiger partial charge on any atom is 0.322 e. The molecule has 0 bridgehead atoms. The molecule has 9 heteroatoms. The summed E-state index contributed by atoms with van der Waals surface area (Å²) < 4.78 is 12.5. The lowest BCUT2D eigenvalue weighted by molar-refractivity contribution is 0.111. The number of nitrogens with zero attached hydrogens (tertiary/aromatic N) is 5. The zero-order valence-electron chi connectivity index (χ0n) is 15.0. The van der Waals surface area contributed by atoms with Gasteiger partial charge in [-0.2, -0.15) is 10.1 Å². The molecule has 136 valence electrons. The Morgan fingerprint density at radius 2 is 2.32 bits per heavy atom. The number of nitrogens with one attached hydrogen (secondary N) is 1. The first-order valence-electron chi connectivity index (χ1n) is 8.39. The Bertz CT molecular complexity index is 725. The molecular weight excluding hydrogens is 324 g/mol. The van der Waals surface area contributed by atoms with Crippen LogP contribution in [-0.2, 0) is 11.3 Å². The van der Waals surface area contributed by atoms with Crippen molar-refractivity contribution in [2.75, 3.05) is 19.0 Å². The number of hydrogen-bond acceptors (Lipinski definition) is 6. The molecule has 0 radical (unpaired) electrons. The van der Waals surface area contributed by atoms with Gasteiger partial charge in [0.05, 0.1) is 18.0 Å². The highest BCUT2D eigenvalue weighted by molar-refractivity contribution is 5.89. The molecule has 3 rings (SSSR count). The first-order valence-corrected chi connectivity index (χ1v) is 8.39. The topological polar surface area (TPSA) is 98.3 Å². The van der Waals surface area contributed by atoms with Crippen molar-refractivity contribution < 1.29 is 14.1 Å². The van der Waals surface area contributed by atoms with Crippen LogP contribution in [0.3, 0.4) is 0 Å². The molecule has 0 unspecified atom stereocenters. The fourth-order valence-corrected chi connectivity index (χ4v) is 2.97. The van der Waals surface area contributed by atoms with E-state index in [-0.39, 0.29) is 18.2 Å². The van der Waals surface area contributed by atoms with Gasteiger partial charge in [-0.3, -0.25) is 4.68 Å². The van der Waals surface area contributed by atoms with Crippen molar-refractivity contribution in [3.63, 3.8) is 0 Å². The van der Waals surface area contributed by atoms with Crippen LogP contribution in [0.15, 0.2) is 16.9 Å². The van der Waals surface area contributed by atoms with Crippen molar-refractivity contribution in [1.82, 2.24) is 24.8 Å². The van der Waals surface area contributed by atoms with Crippen molar-refractivity contribution in [2.45, 2.75) is 45.9 Å². The fourth-order valence-electron chi connectivity index (χ4n) is 2.97. The van der Waals surface area contributed by atoms with E-state index >= 15 is 0 Å². The molecule has 2 atom stereocenters. The lowest BCUT2D eigenvalue weighted by atomic mass is 10.2. The summed E-state index contributed by atoms with van der Waals surface area (Å²) >= 11 is 0. The first kappa shape index (κ1) is 17.4. The molecule has 1 fully saturated rings. The van der Waals surface area contributed by atoms with E-state index in [2.05, 4.69) is 34.4 Å². The molecule has 1 aliphatic heterocycles. The molecule has 0 aliphatic carbocycles. The van der Waals surface area contributed by atoms with Crippen LogP contribution in [0.1, 0.15) is 38.0 Å². The normalized spacial score (nSPS) is 20.4. The van der Waals surface area contributed by atoms with E-state index in [9.17, 15) is 4.79 Å². The maximum absolute atomic E-state index is 12.7.